The maximum absolute atomic E-state index is 12.7. The lowest BCUT2D eigenvalue weighted by molar-refractivity contribution is -0.0505. The second-order valence-corrected chi connectivity index (χ2v) is 12.6. The molecule has 0 radical (unpaired) electrons. The van der Waals surface area contributed by atoms with Gasteiger partial charge in [0, 0.05) is 0 Å². The monoisotopic (exact) mass is 348 g/mol. The van der Waals surface area contributed by atoms with E-state index in [1.54, 1.807) is 0 Å². The van der Waals surface area contributed by atoms with E-state index < -0.39 is 23.9 Å². The van der Waals surface area contributed by atoms with Crippen molar-refractivity contribution in [2.75, 3.05) is 0 Å². The molecule has 0 aliphatic rings. The molecule has 0 N–H and O–H groups in total. The molecule has 0 aromatic rings. The number of rotatable bonds is 8. The Hall–Kier alpha value is -0.0831. The van der Waals surface area contributed by atoms with Crippen molar-refractivity contribution >= 4 is 18.4 Å². The van der Waals surface area contributed by atoms with Crippen LogP contribution in [0, 0.1) is 17.8 Å². The summed E-state index contributed by atoms with van der Waals surface area (Å²) in [5.41, 5.74) is -5.35. The van der Waals surface area contributed by atoms with Crippen molar-refractivity contribution in [3.8, 4) is 0 Å². The van der Waals surface area contributed by atoms with Gasteiger partial charge in [0.25, 0.3) is 0 Å². The van der Waals surface area contributed by atoms with Gasteiger partial charge in [-0.25, -0.2) is 0 Å². The molecule has 21 heavy (non-hydrogen) atoms. The van der Waals surface area contributed by atoms with E-state index in [1.807, 2.05) is 41.5 Å². The van der Waals surface area contributed by atoms with E-state index in [4.69, 9.17) is 3.87 Å². The molecule has 0 aromatic heterocycles. The zero-order chi connectivity index (χ0) is 17.1. The highest BCUT2D eigenvalue weighted by atomic mass is 32.2. The van der Waals surface area contributed by atoms with E-state index in [0.717, 1.165) is 0 Å². The Morgan fingerprint density at radius 2 is 1.14 bits per heavy atom. The van der Waals surface area contributed by atoms with Gasteiger partial charge in [0.05, 0.1) is 0 Å². The third-order valence-corrected chi connectivity index (χ3v) is 10.5. The third-order valence-electron chi connectivity index (χ3n) is 2.91. The van der Waals surface area contributed by atoms with E-state index in [2.05, 4.69) is 0 Å². The van der Waals surface area contributed by atoms with Gasteiger partial charge < -0.3 is 3.87 Å². The normalized spacial score (nSPS) is 14.5. The fraction of sp³-hybridized carbons (Fsp3) is 1.00. The Labute approximate surface area is 127 Å². The minimum Gasteiger partial charge on any atom is -0.308 e. The molecule has 0 saturated heterocycles. The molecule has 0 aromatic carbocycles. The van der Waals surface area contributed by atoms with Crippen LogP contribution in [0.5, 0.6) is 0 Å². The Bertz CT molecular complexity index is 390. The molecule has 8 heteroatoms. The van der Waals surface area contributed by atoms with Crippen LogP contribution < -0.4 is 0 Å². The summed E-state index contributed by atoms with van der Waals surface area (Å²) < 4.78 is 66.0. The molecular weight excluding hydrogens is 321 g/mol. The Kier molecular flexibility index (Phi) is 7.43. The molecule has 128 valence electrons. The molecule has 0 aliphatic carbocycles. The van der Waals surface area contributed by atoms with Crippen LogP contribution in [0.4, 0.5) is 13.2 Å². The van der Waals surface area contributed by atoms with Crippen LogP contribution in [0.15, 0.2) is 0 Å². The lowest BCUT2D eigenvalue weighted by Gasteiger charge is -2.35. The summed E-state index contributed by atoms with van der Waals surface area (Å²) >= 11 is 0. The van der Waals surface area contributed by atoms with Gasteiger partial charge in [0.2, 0.25) is 8.32 Å². The number of alkyl halides is 3. The molecule has 3 nitrogen and oxygen atoms in total. The van der Waals surface area contributed by atoms with Crippen molar-refractivity contribution in [2.24, 2.45) is 17.8 Å². The van der Waals surface area contributed by atoms with Crippen LogP contribution in [-0.4, -0.2) is 22.2 Å². The average Bonchev–Trinajstić information content (AvgIpc) is 2.08. The maximum atomic E-state index is 12.7. The molecular formula is C13H27F3O3SSi. The highest BCUT2D eigenvalue weighted by Gasteiger charge is 2.53. The van der Waals surface area contributed by atoms with Crippen LogP contribution in [0.1, 0.15) is 41.5 Å². The molecule has 0 rings (SSSR count). The first-order chi connectivity index (χ1) is 9.21. The summed E-state index contributed by atoms with van der Waals surface area (Å²) in [6.07, 6.45) is 0. The lowest BCUT2D eigenvalue weighted by Crippen LogP contribution is -2.46. The topological polar surface area (TPSA) is 43.4 Å². The van der Waals surface area contributed by atoms with Gasteiger partial charge in [-0.3, -0.25) is 0 Å². The first-order valence-corrected chi connectivity index (χ1v) is 11.2. The predicted octanol–water partition coefficient (Wildman–Crippen LogP) is 4.77. The van der Waals surface area contributed by atoms with Crippen LogP contribution in [0.25, 0.3) is 0 Å². The molecule has 0 saturated carbocycles. The van der Waals surface area contributed by atoms with E-state index >= 15 is 0 Å². The third kappa shape index (κ3) is 7.14. The standard InChI is InChI=1S/C13H27F3O3SSi/c1-10(2)7-21(8-11(3)4,9-12(5)6)19-20(17,18)13(14,15)16/h10-12H,7-9H2,1-6H3. The van der Waals surface area contributed by atoms with E-state index in [9.17, 15) is 21.6 Å². The first-order valence-electron chi connectivity index (χ1n) is 7.22. The quantitative estimate of drug-likeness (QED) is 0.469. The largest absolute Gasteiger partial charge is 0.522 e. The Morgan fingerprint density at radius 3 is 1.33 bits per heavy atom. The molecule has 0 unspecified atom stereocenters. The van der Waals surface area contributed by atoms with Crippen molar-refractivity contribution in [1.29, 1.82) is 0 Å². The van der Waals surface area contributed by atoms with Crippen molar-refractivity contribution in [3.05, 3.63) is 0 Å². The Balaban J connectivity index is 5.64. The number of hydrogen-bond donors (Lipinski definition) is 0. The molecule has 0 fully saturated rings. The second-order valence-electron chi connectivity index (χ2n) is 6.96. The fourth-order valence-corrected chi connectivity index (χ4v) is 10.9. The lowest BCUT2D eigenvalue weighted by atomic mass is 10.3. The van der Waals surface area contributed by atoms with Crippen molar-refractivity contribution in [2.45, 2.75) is 65.2 Å². The minimum absolute atomic E-state index is 0.0950. The predicted molar refractivity (Wildman–Crippen MR) is 80.7 cm³/mol. The van der Waals surface area contributed by atoms with E-state index in [1.165, 1.54) is 0 Å². The maximum Gasteiger partial charge on any atom is 0.522 e. The zero-order valence-corrected chi connectivity index (χ0v) is 15.4. The minimum atomic E-state index is -5.53. The van der Waals surface area contributed by atoms with Gasteiger partial charge in [-0.15, -0.1) is 0 Å². The summed E-state index contributed by atoms with van der Waals surface area (Å²) in [5.74, 6) is 0.285. The van der Waals surface area contributed by atoms with Gasteiger partial charge in [-0.05, 0) is 35.9 Å². The van der Waals surface area contributed by atoms with Gasteiger partial charge in [-0.1, -0.05) is 41.5 Å². The first kappa shape index (κ1) is 20.9. The summed E-state index contributed by atoms with van der Waals surface area (Å²) in [6.45, 7) is 11.3. The number of halogens is 3. The molecule has 0 spiro atoms. The molecule has 0 heterocycles. The smallest absolute Gasteiger partial charge is 0.308 e. The molecule has 0 bridgehead atoms. The van der Waals surface area contributed by atoms with Crippen molar-refractivity contribution < 1.29 is 25.5 Å². The van der Waals surface area contributed by atoms with Crippen LogP contribution in [0.2, 0.25) is 18.1 Å². The van der Waals surface area contributed by atoms with Crippen LogP contribution in [0.3, 0.4) is 0 Å². The highest BCUT2D eigenvalue weighted by molar-refractivity contribution is 7.88. The summed E-state index contributed by atoms with van der Waals surface area (Å²) in [7, 11) is -8.57. The number of hydrogen-bond acceptors (Lipinski definition) is 3. The van der Waals surface area contributed by atoms with Gasteiger partial charge in [0.15, 0.2) is 0 Å². The summed E-state index contributed by atoms with van der Waals surface area (Å²) in [5, 5.41) is 0. The van der Waals surface area contributed by atoms with Crippen molar-refractivity contribution in [1.82, 2.24) is 0 Å². The van der Waals surface area contributed by atoms with Gasteiger partial charge >= 0.3 is 15.6 Å². The average molecular weight is 349 g/mol. The molecule has 0 atom stereocenters. The van der Waals surface area contributed by atoms with Crippen molar-refractivity contribution in [3.63, 3.8) is 0 Å². The van der Waals surface area contributed by atoms with Crippen LogP contribution >= 0.6 is 0 Å². The SMILES string of the molecule is CC(C)C[Si](CC(C)C)(CC(C)C)OS(=O)(=O)C(F)(F)F. The summed E-state index contributed by atoms with van der Waals surface area (Å²) in [4.78, 5) is 0. The van der Waals surface area contributed by atoms with Crippen LogP contribution in [-0.2, 0) is 14.0 Å². The van der Waals surface area contributed by atoms with E-state index in [0.29, 0.717) is 18.1 Å². The van der Waals surface area contributed by atoms with Gasteiger partial charge in [-0.2, -0.15) is 21.6 Å². The molecule has 0 aliphatic heterocycles. The van der Waals surface area contributed by atoms with Gasteiger partial charge in [0.1, 0.15) is 0 Å². The fourth-order valence-electron chi connectivity index (χ4n) is 2.86. The zero-order valence-electron chi connectivity index (χ0n) is 13.6. The molecule has 0 amide bonds. The second kappa shape index (κ2) is 7.46. The highest BCUT2D eigenvalue weighted by Crippen LogP contribution is 2.38. The summed E-state index contributed by atoms with van der Waals surface area (Å²) in [6, 6.07) is 1.25. The van der Waals surface area contributed by atoms with E-state index in [-0.39, 0.29) is 17.8 Å². The Morgan fingerprint density at radius 1 is 0.857 bits per heavy atom.